The molecule has 0 radical (unpaired) electrons. The van der Waals surface area contributed by atoms with Gasteiger partial charge in [-0.25, -0.2) is 9.97 Å². The second-order valence-electron chi connectivity index (χ2n) is 6.87. The van der Waals surface area contributed by atoms with Crippen LogP contribution in [0.15, 0.2) is 18.2 Å². The zero-order valence-corrected chi connectivity index (χ0v) is 15.8. The normalized spacial score (nSPS) is 15.2. The number of hydrogen-bond acceptors (Lipinski definition) is 4. The number of hydrogen-bond donors (Lipinski definition) is 0. The Bertz CT molecular complexity index is 834. The monoisotopic (exact) mass is 354 g/mol. The minimum absolute atomic E-state index is 0.00304. The van der Waals surface area contributed by atoms with Crippen LogP contribution in [0.3, 0.4) is 0 Å². The van der Waals surface area contributed by atoms with Crippen LogP contribution in [-0.4, -0.2) is 57.8 Å². The second kappa shape index (κ2) is 7.81. The predicted molar refractivity (Wildman–Crippen MR) is 101 cm³/mol. The van der Waals surface area contributed by atoms with Crippen molar-refractivity contribution in [2.75, 3.05) is 26.2 Å². The molecule has 0 saturated carbocycles. The van der Waals surface area contributed by atoms with Crippen LogP contribution in [0, 0.1) is 13.8 Å². The number of carbonyl (C=O) groups excluding carboxylic acids is 2. The van der Waals surface area contributed by atoms with E-state index < -0.39 is 0 Å². The van der Waals surface area contributed by atoms with Gasteiger partial charge in [-0.2, -0.15) is 0 Å². The summed E-state index contributed by atoms with van der Waals surface area (Å²) in [6.45, 7) is 8.45. The first-order valence-electron chi connectivity index (χ1n) is 9.31. The van der Waals surface area contributed by atoms with E-state index in [9.17, 15) is 9.59 Å². The van der Waals surface area contributed by atoms with Gasteiger partial charge in [-0.05, 0) is 44.9 Å². The summed E-state index contributed by atoms with van der Waals surface area (Å²) in [4.78, 5) is 37.8. The van der Waals surface area contributed by atoms with Crippen molar-refractivity contribution >= 4 is 22.8 Å². The summed E-state index contributed by atoms with van der Waals surface area (Å²) in [5.41, 5.74) is 3.96. The molecular formula is C20H26N4O2. The first-order valence-corrected chi connectivity index (χ1v) is 9.31. The van der Waals surface area contributed by atoms with Crippen molar-refractivity contribution in [2.24, 2.45) is 0 Å². The molecule has 2 amide bonds. The lowest BCUT2D eigenvalue weighted by Gasteiger charge is -2.22. The Morgan fingerprint density at radius 3 is 2.35 bits per heavy atom. The topological polar surface area (TPSA) is 66.4 Å². The van der Waals surface area contributed by atoms with Crippen LogP contribution in [0.25, 0.3) is 11.0 Å². The maximum Gasteiger partial charge on any atom is 0.253 e. The molecule has 0 unspecified atom stereocenters. The number of aryl methyl sites for hydroxylation is 2. The van der Waals surface area contributed by atoms with E-state index >= 15 is 0 Å². The molecule has 138 valence electrons. The van der Waals surface area contributed by atoms with Gasteiger partial charge >= 0.3 is 0 Å². The fraction of sp³-hybridized carbons (Fsp3) is 0.500. The van der Waals surface area contributed by atoms with Crippen molar-refractivity contribution in [3.05, 3.63) is 35.2 Å². The lowest BCUT2D eigenvalue weighted by molar-refractivity contribution is -0.131. The molecular weight excluding hydrogens is 328 g/mol. The van der Waals surface area contributed by atoms with Crippen molar-refractivity contribution in [1.82, 2.24) is 19.8 Å². The first-order chi connectivity index (χ1) is 12.5. The standard InChI is InChI=1S/C20H26N4O2/c1-4-6-19(25)23-9-5-10-24(12-11-23)20(26)16-7-8-17-18(13-16)22-15(3)14(2)21-17/h7-8,13H,4-6,9-12H2,1-3H3. The van der Waals surface area contributed by atoms with E-state index in [1.165, 1.54) is 0 Å². The Hall–Kier alpha value is -2.50. The number of amides is 2. The molecule has 0 atom stereocenters. The SMILES string of the molecule is CCCC(=O)N1CCCN(C(=O)c2ccc3nc(C)c(C)nc3c2)CC1. The van der Waals surface area contributed by atoms with Gasteiger partial charge in [0.2, 0.25) is 5.91 Å². The highest BCUT2D eigenvalue weighted by atomic mass is 16.2. The Kier molecular flexibility index (Phi) is 5.49. The lowest BCUT2D eigenvalue weighted by Crippen LogP contribution is -2.37. The smallest absolute Gasteiger partial charge is 0.253 e. The van der Waals surface area contributed by atoms with Gasteiger partial charge in [0, 0.05) is 38.2 Å². The molecule has 1 aromatic carbocycles. The van der Waals surface area contributed by atoms with E-state index in [1.807, 2.05) is 48.8 Å². The van der Waals surface area contributed by atoms with Crippen molar-refractivity contribution in [3.8, 4) is 0 Å². The van der Waals surface area contributed by atoms with E-state index in [2.05, 4.69) is 9.97 Å². The first kappa shape index (κ1) is 18.3. The predicted octanol–water partition coefficient (Wildman–Crippen LogP) is 2.72. The highest BCUT2D eigenvalue weighted by molar-refractivity contribution is 5.97. The van der Waals surface area contributed by atoms with Crippen LogP contribution in [0.4, 0.5) is 0 Å². The van der Waals surface area contributed by atoms with Crippen LogP contribution >= 0.6 is 0 Å². The molecule has 2 heterocycles. The summed E-state index contributed by atoms with van der Waals surface area (Å²) in [5.74, 6) is 0.186. The van der Waals surface area contributed by atoms with Gasteiger partial charge in [0.25, 0.3) is 5.91 Å². The summed E-state index contributed by atoms with van der Waals surface area (Å²) in [6.07, 6.45) is 2.25. The average molecular weight is 354 g/mol. The fourth-order valence-electron chi connectivity index (χ4n) is 3.29. The van der Waals surface area contributed by atoms with Crippen molar-refractivity contribution in [1.29, 1.82) is 0 Å². The van der Waals surface area contributed by atoms with Crippen LogP contribution in [0.1, 0.15) is 47.9 Å². The Balaban J connectivity index is 1.75. The number of carbonyl (C=O) groups is 2. The third-order valence-electron chi connectivity index (χ3n) is 4.92. The number of aromatic nitrogens is 2. The van der Waals surface area contributed by atoms with E-state index in [0.717, 1.165) is 41.8 Å². The van der Waals surface area contributed by atoms with Gasteiger partial charge in [-0.1, -0.05) is 6.92 Å². The highest BCUT2D eigenvalue weighted by Crippen LogP contribution is 2.17. The van der Waals surface area contributed by atoms with E-state index in [1.54, 1.807) is 0 Å². The summed E-state index contributed by atoms with van der Waals surface area (Å²) >= 11 is 0. The van der Waals surface area contributed by atoms with E-state index in [0.29, 0.717) is 31.6 Å². The molecule has 0 aliphatic carbocycles. The fourth-order valence-corrected chi connectivity index (χ4v) is 3.29. The van der Waals surface area contributed by atoms with Gasteiger partial charge in [0.1, 0.15) is 0 Å². The molecule has 1 aliphatic heterocycles. The maximum atomic E-state index is 12.9. The minimum atomic E-state index is -0.00304. The molecule has 1 aliphatic rings. The lowest BCUT2D eigenvalue weighted by atomic mass is 10.1. The maximum absolute atomic E-state index is 12.9. The molecule has 26 heavy (non-hydrogen) atoms. The van der Waals surface area contributed by atoms with Crippen molar-refractivity contribution in [2.45, 2.75) is 40.0 Å². The molecule has 2 aromatic rings. The van der Waals surface area contributed by atoms with E-state index in [4.69, 9.17) is 0 Å². The third kappa shape index (κ3) is 3.84. The molecule has 1 fully saturated rings. The van der Waals surface area contributed by atoms with Crippen LogP contribution in [-0.2, 0) is 4.79 Å². The minimum Gasteiger partial charge on any atom is -0.341 e. The average Bonchev–Trinajstić information content (AvgIpc) is 2.88. The Morgan fingerprint density at radius 2 is 1.62 bits per heavy atom. The van der Waals surface area contributed by atoms with Crippen LogP contribution in [0.2, 0.25) is 0 Å². The molecule has 1 aromatic heterocycles. The third-order valence-corrected chi connectivity index (χ3v) is 4.92. The number of benzene rings is 1. The molecule has 3 rings (SSSR count). The van der Waals surface area contributed by atoms with Crippen molar-refractivity contribution in [3.63, 3.8) is 0 Å². The summed E-state index contributed by atoms with van der Waals surface area (Å²) in [7, 11) is 0. The molecule has 0 bridgehead atoms. The number of rotatable bonds is 3. The molecule has 0 N–H and O–H groups in total. The van der Waals surface area contributed by atoms with Gasteiger partial charge < -0.3 is 9.80 Å². The number of nitrogens with zero attached hydrogens (tertiary/aromatic N) is 4. The Labute approximate surface area is 154 Å². The molecule has 6 heteroatoms. The van der Waals surface area contributed by atoms with Crippen molar-refractivity contribution < 1.29 is 9.59 Å². The van der Waals surface area contributed by atoms with Gasteiger partial charge in [0.15, 0.2) is 0 Å². The van der Waals surface area contributed by atoms with Crippen LogP contribution < -0.4 is 0 Å². The molecule has 6 nitrogen and oxygen atoms in total. The van der Waals surface area contributed by atoms with Gasteiger partial charge in [-0.3, -0.25) is 9.59 Å². The molecule has 0 spiro atoms. The zero-order valence-electron chi connectivity index (χ0n) is 15.8. The van der Waals surface area contributed by atoms with Gasteiger partial charge in [0.05, 0.1) is 22.4 Å². The summed E-state index contributed by atoms with van der Waals surface area (Å²) < 4.78 is 0. The zero-order chi connectivity index (χ0) is 18.7. The Morgan fingerprint density at radius 1 is 0.962 bits per heavy atom. The van der Waals surface area contributed by atoms with Crippen LogP contribution in [0.5, 0.6) is 0 Å². The summed E-state index contributed by atoms with van der Waals surface area (Å²) in [6, 6.07) is 5.50. The quantitative estimate of drug-likeness (QED) is 0.850. The van der Waals surface area contributed by atoms with Gasteiger partial charge in [-0.15, -0.1) is 0 Å². The summed E-state index contributed by atoms with van der Waals surface area (Å²) in [5, 5.41) is 0. The highest BCUT2D eigenvalue weighted by Gasteiger charge is 2.22. The van der Waals surface area contributed by atoms with E-state index in [-0.39, 0.29) is 11.8 Å². The second-order valence-corrected chi connectivity index (χ2v) is 6.87. The molecule has 1 saturated heterocycles. The number of fused-ring (bicyclic) bond motifs is 1. The largest absolute Gasteiger partial charge is 0.341 e.